The Labute approximate surface area is 123 Å². The Hall–Kier alpha value is -2.05. The van der Waals surface area contributed by atoms with Crippen LogP contribution in [0, 0.1) is 0 Å². The van der Waals surface area contributed by atoms with Gasteiger partial charge in [-0.15, -0.1) is 0 Å². The first-order chi connectivity index (χ1) is 9.80. The number of fused-ring (bicyclic) bond motifs is 1. The van der Waals surface area contributed by atoms with Gasteiger partial charge in [-0.2, -0.15) is 5.10 Å². The molecule has 1 heterocycles. The fourth-order valence-corrected chi connectivity index (χ4v) is 2.30. The molecule has 21 heavy (non-hydrogen) atoms. The van der Waals surface area contributed by atoms with Crippen molar-refractivity contribution in [2.24, 2.45) is 0 Å². The predicted octanol–water partition coefficient (Wildman–Crippen LogP) is 1.58. The van der Waals surface area contributed by atoms with Gasteiger partial charge in [-0.05, 0) is 34.1 Å². The van der Waals surface area contributed by atoms with Gasteiger partial charge in [-0.1, -0.05) is 0 Å². The van der Waals surface area contributed by atoms with Crippen molar-refractivity contribution in [3.8, 4) is 0 Å². The minimum Gasteiger partial charge on any atom is -0.461 e. The Balaban J connectivity index is 1.97. The molecule has 0 aliphatic heterocycles. The van der Waals surface area contributed by atoms with Crippen molar-refractivity contribution in [3.05, 3.63) is 17.0 Å². The van der Waals surface area contributed by atoms with E-state index in [1.807, 2.05) is 20.8 Å². The van der Waals surface area contributed by atoms with Crippen LogP contribution in [0.5, 0.6) is 0 Å². The summed E-state index contributed by atoms with van der Waals surface area (Å²) in [7, 11) is 0. The highest BCUT2D eigenvalue weighted by Gasteiger charge is 2.31. The molecule has 0 fully saturated rings. The van der Waals surface area contributed by atoms with Crippen LogP contribution in [0.4, 0.5) is 4.79 Å². The number of aromatic amines is 1. The third-order valence-corrected chi connectivity index (χ3v) is 3.04. The molecule has 0 saturated carbocycles. The second-order valence-electron chi connectivity index (χ2n) is 6.00. The fraction of sp³-hybridized carbons (Fsp3) is 0.643. The molecule has 1 aromatic heterocycles. The molecule has 1 aliphatic rings. The predicted molar refractivity (Wildman–Crippen MR) is 75.1 cm³/mol. The number of carbonyl (C=O) groups is 2. The van der Waals surface area contributed by atoms with Gasteiger partial charge in [-0.3, -0.25) is 5.10 Å². The molecular formula is C14H21N3O4. The van der Waals surface area contributed by atoms with Gasteiger partial charge in [0.25, 0.3) is 0 Å². The van der Waals surface area contributed by atoms with E-state index in [0.717, 1.165) is 11.3 Å². The first-order valence-corrected chi connectivity index (χ1v) is 7.03. The van der Waals surface area contributed by atoms with Gasteiger partial charge < -0.3 is 14.8 Å². The van der Waals surface area contributed by atoms with Gasteiger partial charge in [-0.25, -0.2) is 9.59 Å². The van der Waals surface area contributed by atoms with Crippen molar-refractivity contribution in [3.63, 3.8) is 0 Å². The quantitative estimate of drug-likeness (QED) is 0.826. The SMILES string of the molecule is CCOC(=O)c1n[nH]c2c1C[C@H](NC(=O)OC(C)(C)C)C2. The van der Waals surface area contributed by atoms with Crippen LogP contribution < -0.4 is 5.32 Å². The van der Waals surface area contributed by atoms with E-state index in [-0.39, 0.29) is 6.04 Å². The van der Waals surface area contributed by atoms with E-state index in [4.69, 9.17) is 9.47 Å². The summed E-state index contributed by atoms with van der Waals surface area (Å²) in [5, 5.41) is 9.63. The second-order valence-corrected chi connectivity index (χ2v) is 6.00. The minimum atomic E-state index is -0.533. The van der Waals surface area contributed by atoms with Crippen molar-refractivity contribution < 1.29 is 19.1 Å². The summed E-state index contributed by atoms with van der Waals surface area (Å²) < 4.78 is 10.2. The fourth-order valence-electron chi connectivity index (χ4n) is 2.30. The summed E-state index contributed by atoms with van der Waals surface area (Å²) in [4.78, 5) is 23.5. The van der Waals surface area contributed by atoms with Crippen LogP contribution in [-0.4, -0.2) is 40.5 Å². The largest absolute Gasteiger partial charge is 0.461 e. The number of nitrogens with zero attached hydrogens (tertiary/aromatic N) is 1. The van der Waals surface area contributed by atoms with E-state index in [0.29, 0.717) is 25.1 Å². The molecule has 2 rings (SSSR count). The van der Waals surface area contributed by atoms with Crippen molar-refractivity contribution in [1.82, 2.24) is 15.5 Å². The van der Waals surface area contributed by atoms with Gasteiger partial charge >= 0.3 is 12.1 Å². The van der Waals surface area contributed by atoms with E-state index >= 15 is 0 Å². The van der Waals surface area contributed by atoms with Crippen LogP contribution in [0.2, 0.25) is 0 Å². The third-order valence-electron chi connectivity index (χ3n) is 3.04. The smallest absolute Gasteiger partial charge is 0.407 e. The van der Waals surface area contributed by atoms with Crippen LogP contribution in [-0.2, 0) is 22.3 Å². The molecule has 0 aromatic carbocycles. The number of nitrogens with one attached hydrogen (secondary N) is 2. The molecule has 0 saturated heterocycles. The van der Waals surface area contributed by atoms with Crippen LogP contribution >= 0.6 is 0 Å². The number of amides is 1. The summed E-state index contributed by atoms with van der Waals surface area (Å²) in [5.41, 5.74) is 1.45. The van der Waals surface area contributed by atoms with Gasteiger partial charge in [0, 0.05) is 23.7 Å². The summed E-state index contributed by atoms with van der Waals surface area (Å²) >= 11 is 0. The molecule has 2 N–H and O–H groups in total. The first-order valence-electron chi connectivity index (χ1n) is 7.03. The molecule has 0 bridgehead atoms. The lowest BCUT2D eigenvalue weighted by molar-refractivity contribution is 0.0504. The van der Waals surface area contributed by atoms with Crippen molar-refractivity contribution in [2.45, 2.75) is 52.2 Å². The highest BCUT2D eigenvalue weighted by atomic mass is 16.6. The molecule has 1 atom stereocenters. The second kappa shape index (κ2) is 5.75. The van der Waals surface area contributed by atoms with Gasteiger partial charge in [0.2, 0.25) is 0 Å². The summed E-state index contributed by atoms with van der Waals surface area (Å²) in [6.45, 7) is 7.49. The number of esters is 1. The summed E-state index contributed by atoms with van der Waals surface area (Å²) in [6, 6.07) is -0.0997. The molecule has 1 aromatic rings. The number of hydrogen-bond donors (Lipinski definition) is 2. The topological polar surface area (TPSA) is 93.3 Å². The molecule has 1 amide bonds. The maximum absolute atomic E-state index is 11.8. The standard InChI is InChI=1S/C14H21N3O4/c1-5-20-12(18)11-9-6-8(7-10(9)16-17-11)15-13(19)21-14(2,3)4/h8H,5-7H2,1-4H3,(H,15,19)(H,16,17)/t8-/m0/s1. The van der Waals surface area contributed by atoms with Crippen molar-refractivity contribution in [2.75, 3.05) is 6.61 Å². The maximum Gasteiger partial charge on any atom is 0.407 e. The third kappa shape index (κ3) is 3.74. The van der Waals surface area contributed by atoms with E-state index in [1.54, 1.807) is 6.92 Å². The average molecular weight is 295 g/mol. The maximum atomic E-state index is 11.8. The Morgan fingerprint density at radius 3 is 2.71 bits per heavy atom. The number of rotatable bonds is 3. The van der Waals surface area contributed by atoms with E-state index in [1.165, 1.54) is 0 Å². The van der Waals surface area contributed by atoms with E-state index in [9.17, 15) is 9.59 Å². The molecule has 0 spiro atoms. The van der Waals surface area contributed by atoms with Crippen LogP contribution in [0.1, 0.15) is 49.4 Å². The number of alkyl carbamates (subject to hydrolysis) is 1. The number of ether oxygens (including phenoxy) is 2. The summed E-state index contributed by atoms with van der Waals surface area (Å²) in [5.74, 6) is -0.437. The number of carbonyl (C=O) groups excluding carboxylic acids is 2. The highest BCUT2D eigenvalue weighted by Crippen LogP contribution is 2.24. The molecule has 116 valence electrons. The molecular weight excluding hydrogens is 274 g/mol. The van der Waals surface area contributed by atoms with Gasteiger partial charge in [0.15, 0.2) is 5.69 Å². The molecule has 7 heteroatoms. The first kappa shape index (κ1) is 15.3. The zero-order valence-corrected chi connectivity index (χ0v) is 12.8. The molecule has 1 aliphatic carbocycles. The van der Waals surface area contributed by atoms with Crippen molar-refractivity contribution in [1.29, 1.82) is 0 Å². The lowest BCUT2D eigenvalue weighted by Gasteiger charge is -2.21. The molecule has 7 nitrogen and oxygen atoms in total. The highest BCUT2D eigenvalue weighted by molar-refractivity contribution is 5.89. The Morgan fingerprint density at radius 1 is 1.38 bits per heavy atom. The number of aromatic nitrogens is 2. The zero-order valence-electron chi connectivity index (χ0n) is 12.8. The zero-order chi connectivity index (χ0) is 15.6. The van der Waals surface area contributed by atoms with E-state index < -0.39 is 17.7 Å². The Bertz CT molecular complexity index is 545. The van der Waals surface area contributed by atoms with Crippen LogP contribution in [0.15, 0.2) is 0 Å². The lowest BCUT2D eigenvalue weighted by atomic mass is 10.2. The Kier molecular flexibility index (Phi) is 4.20. The van der Waals surface area contributed by atoms with Gasteiger partial charge in [0.05, 0.1) is 6.61 Å². The van der Waals surface area contributed by atoms with E-state index in [2.05, 4.69) is 15.5 Å². The monoisotopic (exact) mass is 295 g/mol. The minimum absolute atomic E-state index is 0.0997. The van der Waals surface area contributed by atoms with Crippen molar-refractivity contribution >= 4 is 12.1 Å². The lowest BCUT2D eigenvalue weighted by Crippen LogP contribution is -2.39. The normalized spacial score (nSPS) is 17.2. The number of hydrogen-bond acceptors (Lipinski definition) is 5. The Morgan fingerprint density at radius 2 is 2.10 bits per heavy atom. The summed E-state index contributed by atoms with van der Waals surface area (Å²) in [6.07, 6.45) is 0.684. The van der Waals surface area contributed by atoms with Gasteiger partial charge in [0.1, 0.15) is 5.60 Å². The average Bonchev–Trinajstić information content (AvgIpc) is 2.85. The molecule has 0 radical (unpaired) electrons. The molecule has 0 unspecified atom stereocenters. The van der Waals surface area contributed by atoms with Crippen LogP contribution in [0.25, 0.3) is 0 Å². The number of H-pyrrole nitrogens is 1. The van der Waals surface area contributed by atoms with Crippen LogP contribution in [0.3, 0.4) is 0 Å².